The zero-order valence-electron chi connectivity index (χ0n) is 18.6. The molecule has 1 atom stereocenters. The second-order valence-corrected chi connectivity index (χ2v) is 8.34. The third-order valence-corrected chi connectivity index (χ3v) is 5.78. The van der Waals surface area contributed by atoms with Gasteiger partial charge in [0.15, 0.2) is 0 Å². The molecule has 0 saturated heterocycles. The summed E-state index contributed by atoms with van der Waals surface area (Å²) >= 11 is 1.61. The molecule has 2 heterocycles. The SMILES string of the molecule is CC.CC1C=CC(c2ccc3nc(Cc4nnc(CC(=O)NCCC#N)o4)sc3c2)=CC1. The highest BCUT2D eigenvalue weighted by Gasteiger charge is 2.14. The van der Waals surface area contributed by atoms with E-state index in [0.717, 1.165) is 21.6 Å². The van der Waals surface area contributed by atoms with Crippen molar-refractivity contribution in [3.8, 4) is 6.07 Å². The lowest BCUT2D eigenvalue weighted by Gasteiger charge is -2.11. The minimum Gasteiger partial charge on any atom is -0.424 e. The number of carbonyl (C=O) groups excluding carboxylic acids is 1. The Hall–Kier alpha value is -3.31. The van der Waals surface area contributed by atoms with E-state index < -0.39 is 0 Å². The number of hydrogen-bond acceptors (Lipinski definition) is 7. The first kappa shape index (κ1) is 23.4. The Labute approximate surface area is 191 Å². The highest BCUT2D eigenvalue weighted by Crippen LogP contribution is 2.30. The van der Waals surface area contributed by atoms with Gasteiger partial charge in [0.25, 0.3) is 0 Å². The van der Waals surface area contributed by atoms with Crippen molar-refractivity contribution in [1.29, 1.82) is 5.26 Å². The first-order valence-electron chi connectivity index (χ1n) is 10.8. The maximum absolute atomic E-state index is 11.8. The summed E-state index contributed by atoms with van der Waals surface area (Å²) in [6, 6.07) is 8.30. The zero-order valence-corrected chi connectivity index (χ0v) is 19.4. The molecule has 1 N–H and O–H groups in total. The molecule has 1 aromatic carbocycles. The minimum atomic E-state index is -0.242. The molecule has 0 fully saturated rings. The average molecular weight is 450 g/mol. The van der Waals surface area contributed by atoms with Gasteiger partial charge in [0, 0.05) is 6.54 Å². The molecule has 1 amide bonds. The molecule has 32 heavy (non-hydrogen) atoms. The molecule has 1 aliphatic rings. The van der Waals surface area contributed by atoms with Crippen molar-refractivity contribution in [3.63, 3.8) is 0 Å². The van der Waals surface area contributed by atoms with E-state index in [-0.39, 0.29) is 24.6 Å². The summed E-state index contributed by atoms with van der Waals surface area (Å²) in [6.45, 7) is 6.53. The van der Waals surface area contributed by atoms with Gasteiger partial charge < -0.3 is 9.73 Å². The number of thiazole rings is 1. The number of aromatic nitrogens is 3. The van der Waals surface area contributed by atoms with Gasteiger partial charge in [-0.15, -0.1) is 21.5 Å². The van der Waals surface area contributed by atoms with Gasteiger partial charge in [-0.25, -0.2) is 4.98 Å². The highest BCUT2D eigenvalue weighted by atomic mass is 32.1. The predicted octanol–water partition coefficient (Wildman–Crippen LogP) is 4.85. The van der Waals surface area contributed by atoms with Crippen LogP contribution in [-0.4, -0.2) is 27.6 Å². The molecule has 0 saturated carbocycles. The number of allylic oxidation sites excluding steroid dienone is 4. The molecule has 0 radical (unpaired) electrons. The Kier molecular flexibility index (Phi) is 8.28. The second-order valence-electron chi connectivity index (χ2n) is 7.22. The molecule has 3 aromatic rings. The van der Waals surface area contributed by atoms with E-state index in [9.17, 15) is 4.79 Å². The van der Waals surface area contributed by atoms with Crippen molar-refractivity contribution in [2.75, 3.05) is 6.54 Å². The molecular formula is C24H27N5O2S. The van der Waals surface area contributed by atoms with Crippen LogP contribution in [0.3, 0.4) is 0 Å². The first-order chi connectivity index (χ1) is 15.6. The molecule has 0 spiro atoms. The fourth-order valence-corrected chi connectivity index (χ4v) is 4.18. The summed E-state index contributed by atoms with van der Waals surface area (Å²) in [6.07, 6.45) is 8.48. The van der Waals surface area contributed by atoms with Gasteiger partial charge in [0.1, 0.15) is 11.4 Å². The van der Waals surface area contributed by atoms with Crippen LogP contribution in [0.1, 0.15) is 56.0 Å². The predicted molar refractivity (Wildman–Crippen MR) is 126 cm³/mol. The number of nitrogens with zero attached hydrogens (tertiary/aromatic N) is 4. The monoisotopic (exact) mass is 449 g/mol. The van der Waals surface area contributed by atoms with E-state index in [1.807, 2.05) is 26.0 Å². The highest BCUT2D eigenvalue weighted by molar-refractivity contribution is 7.18. The summed E-state index contributed by atoms with van der Waals surface area (Å²) in [5, 5.41) is 20.0. The third-order valence-electron chi connectivity index (χ3n) is 4.76. The van der Waals surface area contributed by atoms with Gasteiger partial charge in [-0.2, -0.15) is 5.26 Å². The molecule has 4 rings (SSSR count). The van der Waals surface area contributed by atoms with Crippen LogP contribution in [0.5, 0.6) is 0 Å². The van der Waals surface area contributed by atoms with Crippen LogP contribution >= 0.6 is 11.3 Å². The number of fused-ring (bicyclic) bond motifs is 1. The molecule has 1 unspecified atom stereocenters. The summed E-state index contributed by atoms with van der Waals surface area (Å²) < 4.78 is 6.71. The topological polar surface area (TPSA) is 105 Å². The maximum Gasteiger partial charge on any atom is 0.229 e. The lowest BCUT2D eigenvalue weighted by atomic mass is 9.94. The summed E-state index contributed by atoms with van der Waals surface area (Å²) in [7, 11) is 0. The Bertz CT molecular complexity index is 1170. The van der Waals surface area contributed by atoms with Gasteiger partial charge in [-0.1, -0.05) is 45.1 Å². The van der Waals surface area contributed by atoms with Crippen molar-refractivity contribution in [1.82, 2.24) is 20.5 Å². The van der Waals surface area contributed by atoms with E-state index in [1.165, 1.54) is 11.1 Å². The Morgan fingerprint density at radius 1 is 1.31 bits per heavy atom. The smallest absolute Gasteiger partial charge is 0.229 e. The Morgan fingerprint density at radius 3 is 2.88 bits per heavy atom. The summed E-state index contributed by atoms with van der Waals surface area (Å²) in [5.74, 6) is 1.04. The van der Waals surface area contributed by atoms with Gasteiger partial charge in [0.05, 0.1) is 29.1 Å². The molecule has 2 aromatic heterocycles. The van der Waals surface area contributed by atoms with Gasteiger partial charge in [-0.05, 0) is 35.6 Å². The van der Waals surface area contributed by atoms with Gasteiger partial charge >= 0.3 is 0 Å². The molecule has 0 aliphatic heterocycles. The molecule has 1 aliphatic carbocycles. The van der Waals surface area contributed by atoms with E-state index >= 15 is 0 Å². The van der Waals surface area contributed by atoms with Crippen LogP contribution in [0.2, 0.25) is 0 Å². The minimum absolute atomic E-state index is 0.00286. The number of hydrogen-bond donors (Lipinski definition) is 1. The number of carbonyl (C=O) groups is 1. The quantitative estimate of drug-likeness (QED) is 0.517. The number of nitriles is 1. The van der Waals surface area contributed by atoms with Crippen molar-refractivity contribution >= 4 is 33.0 Å². The van der Waals surface area contributed by atoms with E-state index in [0.29, 0.717) is 24.8 Å². The van der Waals surface area contributed by atoms with Crippen LogP contribution in [0.4, 0.5) is 0 Å². The number of amides is 1. The maximum atomic E-state index is 11.8. The fourth-order valence-electron chi connectivity index (χ4n) is 3.19. The molecule has 7 nitrogen and oxygen atoms in total. The second kappa shape index (κ2) is 11.3. The van der Waals surface area contributed by atoms with Gasteiger partial charge in [-0.3, -0.25) is 4.79 Å². The Morgan fingerprint density at radius 2 is 2.12 bits per heavy atom. The first-order valence-corrected chi connectivity index (χ1v) is 11.7. The van der Waals surface area contributed by atoms with Crippen LogP contribution in [-0.2, 0) is 17.6 Å². The standard InChI is InChI=1S/C22H21N5O2S.C2H6/c1-14-3-5-15(6-4-14)16-7-8-17-18(11-16)30-22(25-17)13-21-27-26-20(29-21)12-19(28)24-10-2-9-23;1-2/h3,5-8,11,14H,2,4,10,12-13H2,1H3,(H,24,28);1-2H3. The molecule has 0 bridgehead atoms. The van der Waals surface area contributed by atoms with Crippen LogP contribution in [0.15, 0.2) is 40.8 Å². The van der Waals surface area contributed by atoms with Crippen molar-refractivity contribution in [3.05, 3.63) is 58.8 Å². The van der Waals surface area contributed by atoms with E-state index in [1.54, 1.807) is 11.3 Å². The van der Waals surface area contributed by atoms with Crippen LogP contribution in [0, 0.1) is 17.2 Å². The fraction of sp³-hybridized carbons (Fsp3) is 0.375. The largest absolute Gasteiger partial charge is 0.424 e. The van der Waals surface area contributed by atoms with Gasteiger partial charge in [0.2, 0.25) is 17.7 Å². The summed E-state index contributed by atoms with van der Waals surface area (Å²) in [5.41, 5.74) is 3.40. The van der Waals surface area contributed by atoms with E-state index in [2.05, 4.69) is 57.8 Å². The lowest BCUT2D eigenvalue weighted by molar-refractivity contribution is -0.120. The molecular weight excluding hydrogens is 422 g/mol. The van der Waals surface area contributed by atoms with Crippen LogP contribution in [0.25, 0.3) is 15.8 Å². The number of benzene rings is 1. The Balaban J connectivity index is 0.00000141. The molecule has 166 valence electrons. The zero-order chi connectivity index (χ0) is 22.9. The van der Waals surface area contributed by atoms with Crippen molar-refractivity contribution < 1.29 is 9.21 Å². The normalized spacial score (nSPS) is 14.9. The van der Waals surface area contributed by atoms with Crippen molar-refractivity contribution in [2.24, 2.45) is 5.92 Å². The summed E-state index contributed by atoms with van der Waals surface area (Å²) in [4.78, 5) is 16.5. The average Bonchev–Trinajstić information content (AvgIpc) is 3.41. The number of rotatable bonds is 7. The number of nitrogens with one attached hydrogen (secondary N) is 1. The van der Waals surface area contributed by atoms with E-state index in [4.69, 9.17) is 9.68 Å². The molecule has 8 heteroatoms. The van der Waals surface area contributed by atoms with Crippen LogP contribution < -0.4 is 5.32 Å². The van der Waals surface area contributed by atoms with Crippen molar-refractivity contribution in [2.45, 2.75) is 46.5 Å². The lowest BCUT2D eigenvalue weighted by Crippen LogP contribution is -2.25. The third kappa shape index (κ3) is 6.11.